The third-order valence-corrected chi connectivity index (χ3v) is 2.93. The van der Waals surface area contributed by atoms with Crippen LogP contribution in [-0.4, -0.2) is 30.3 Å². The number of hydrogen-bond acceptors (Lipinski definition) is 4. The normalized spacial score (nSPS) is 10.0. The molecule has 2 amide bonds. The molecule has 0 atom stereocenters. The molecule has 7 nitrogen and oxygen atoms in total. The number of nitrogens with two attached hydrogens (primary N) is 1. The van der Waals surface area contributed by atoms with Gasteiger partial charge in [0.15, 0.2) is 0 Å². The van der Waals surface area contributed by atoms with Crippen molar-refractivity contribution >= 4 is 17.7 Å². The number of primary amides is 1. The second-order valence-corrected chi connectivity index (χ2v) is 4.86. The molecule has 4 N–H and O–H groups in total. The summed E-state index contributed by atoms with van der Waals surface area (Å²) in [4.78, 5) is 21.8. The summed E-state index contributed by atoms with van der Waals surface area (Å²) in [6.07, 6.45) is 4.43. The molecule has 0 aliphatic rings. The maximum absolute atomic E-state index is 11.0. The van der Waals surface area contributed by atoms with Gasteiger partial charge in [-0.05, 0) is 18.6 Å². The fourth-order valence-electron chi connectivity index (χ4n) is 1.92. The van der Waals surface area contributed by atoms with Crippen molar-refractivity contribution in [2.75, 3.05) is 18.2 Å². The summed E-state index contributed by atoms with van der Waals surface area (Å²) in [6, 6.07) is 6.02. The van der Waals surface area contributed by atoms with Crippen LogP contribution in [0.25, 0.3) is 0 Å². The summed E-state index contributed by atoms with van der Waals surface area (Å²) in [5.41, 5.74) is 7.82. The van der Waals surface area contributed by atoms with Crippen molar-refractivity contribution in [3.63, 3.8) is 0 Å². The third kappa shape index (κ3) is 6.83. The van der Waals surface area contributed by atoms with E-state index >= 15 is 0 Å². The van der Waals surface area contributed by atoms with Crippen LogP contribution in [0.15, 0.2) is 24.3 Å². The van der Waals surface area contributed by atoms with Gasteiger partial charge in [0.25, 0.3) is 0 Å². The summed E-state index contributed by atoms with van der Waals surface area (Å²) in [6.45, 7) is 2.35. The SMILES string of the molecule is CCCCCCOc1cccc(N(CC(=O)O)NC(N)=O)c1. The van der Waals surface area contributed by atoms with Gasteiger partial charge in [-0.15, -0.1) is 0 Å². The molecule has 122 valence electrons. The summed E-state index contributed by atoms with van der Waals surface area (Å²) in [7, 11) is 0. The first kappa shape index (κ1) is 17.6. The Balaban J connectivity index is 2.66. The van der Waals surface area contributed by atoms with E-state index in [0.29, 0.717) is 18.0 Å². The van der Waals surface area contributed by atoms with Crippen molar-refractivity contribution in [1.29, 1.82) is 0 Å². The number of carbonyl (C=O) groups is 2. The van der Waals surface area contributed by atoms with Crippen LogP contribution in [0.1, 0.15) is 32.6 Å². The number of rotatable bonds is 10. The first-order chi connectivity index (χ1) is 10.5. The average Bonchev–Trinajstić information content (AvgIpc) is 2.46. The van der Waals surface area contributed by atoms with Crippen molar-refractivity contribution < 1.29 is 19.4 Å². The number of hydrogen-bond donors (Lipinski definition) is 3. The number of benzene rings is 1. The number of urea groups is 1. The van der Waals surface area contributed by atoms with Gasteiger partial charge in [-0.3, -0.25) is 9.80 Å². The van der Waals surface area contributed by atoms with Gasteiger partial charge in [0.2, 0.25) is 0 Å². The number of carboxylic acid groups (broad SMARTS) is 1. The van der Waals surface area contributed by atoms with Crippen molar-refractivity contribution in [1.82, 2.24) is 5.43 Å². The van der Waals surface area contributed by atoms with Crippen molar-refractivity contribution in [2.45, 2.75) is 32.6 Å². The predicted molar refractivity (Wildman–Crippen MR) is 83.8 cm³/mol. The Morgan fingerprint density at radius 2 is 2.09 bits per heavy atom. The lowest BCUT2D eigenvalue weighted by Crippen LogP contribution is -2.47. The number of ether oxygens (including phenoxy) is 1. The van der Waals surface area contributed by atoms with Crippen molar-refractivity contribution in [3.05, 3.63) is 24.3 Å². The molecule has 22 heavy (non-hydrogen) atoms. The Hall–Kier alpha value is -2.44. The molecule has 7 heteroatoms. The number of nitrogens with one attached hydrogen (secondary N) is 1. The fraction of sp³-hybridized carbons (Fsp3) is 0.467. The quantitative estimate of drug-likeness (QED) is 0.453. The van der Waals surface area contributed by atoms with Crippen LogP contribution in [0, 0.1) is 0 Å². The summed E-state index contributed by atoms with van der Waals surface area (Å²) in [5.74, 6) is -0.463. The van der Waals surface area contributed by atoms with Gasteiger partial charge in [0, 0.05) is 6.07 Å². The Morgan fingerprint density at radius 3 is 2.73 bits per heavy atom. The summed E-state index contributed by atoms with van der Waals surface area (Å²) < 4.78 is 5.64. The largest absolute Gasteiger partial charge is 0.494 e. The fourth-order valence-corrected chi connectivity index (χ4v) is 1.92. The second kappa shape index (κ2) is 9.49. The van der Waals surface area contributed by atoms with Crippen LogP contribution < -0.4 is 20.9 Å². The van der Waals surface area contributed by atoms with E-state index < -0.39 is 18.5 Å². The Bertz CT molecular complexity index is 477. The van der Waals surface area contributed by atoms with E-state index in [4.69, 9.17) is 15.6 Å². The molecule has 1 aromatic carbocycles. The minimum Gasteiger partial charge on any atom is -0.494 e. The summed E-state index contributed by atoms with van der Waals surface area (Å²) >= 11 is 0. The van der Waals surface area contributed by atoms with Crippen molar-refractivity contribution in [3.8, 4) is 5.75 Å². The molecule has 0 saturated heterocycles. The Labute approximate surface area is 130 Å². The number of hydrazine groups is 1. The van der Waals surface area contributed by atoms with Gasteiger partial charge in [-0.25, -0.2) is 10.2 Å². The molecule has 0 heterocycles. The number of nitrogens with zero attached hydrogens (tertiary/aromatic N) is 1. The van der Waals surface area contributed by atoms with Crippen molar-refractivity contribution in [2.24, 2.45) is 5.73 Å². The monoisotopic (exact) mass is 309 g/mol. The first-order valence-corrected chi connectivity index (χ1v) is 7.31. The van der Waals surface area contributed by atoms with Gasteiger partial charge in [0.1, 0.15) is 12.3 Å². The molecule has 1 rings (SSSR count). The number of anilines is 1. The zero-order valence-corrected chi connectivity index (χ0v) is 12.7. The number of carbonyl (C=O) groups excluding carboxylic acids is 1. The molecule has 1 aromatic rings. The smallest absolute Gasteiger partial charge is 0.330 e. The van der Waals surface area contributed by atoms with Gasteiger partial charge >= 0.3 is 12.0 Å². The van der Waals surface area contributed by atoms with Gasteiger partial charge in [-0.1, -0.05) is 32.3 Å². The number of carboxylic acids is 1. The lowest BCUT2D eigenvalue weighted by molar-refractivity contribution is -0.135. The van der Waals surface area contributed by atoms with E-state index in [2.05, 4.69) is 12.3 Å². The lowest BCUT2D eigenvalue weighted by Gasteiger charge is -2.22. The molecule has 0 spiro atoms. The van der Waals surface area contributed by atoms with Crippen LogP contribution in [0.4, 0.5) is 10.5 Å². The highest BCUT2D eigenvalue weighted by Crippen LogP contribution is 2.20. The topological polar surface area (TPSA) is 105 Å². The predicted octanol–water partition coefficient (Wildman–Crippen LogP) is 2.12. The molecular formula is C15H23N3O4. The lowest BCUT2D eigenvalue weighted by atomic mass is 10.2. The summed E-state index contributed by atoms with van der Waals surface area (Å²) in [5, 5.41) is 10.0. The van der Waals surface area contributed by atoms with Crippen LogP contribution >= 0.6 is 0 Å². The highest BCUT2D eigenvalue weighted by Gasteiger charge is 2.13. The first-order valence-electron chi connectivity index (χ1n) is 7.31. The minimum atomic E-state index is -1.08. The van der Waals surface area contributed by atoms with Gasteiger partial charge in [-0.2, -0.15) is 0 Å². The average molecular weight is 309 g/mol. The van der Waals surface area contributed by atoms with E-state index in [1.165, 1.54) is 12.8 Å². The number of amides is 2. The molecule has 0 aliphatic carbocycles. The molecular weight excluding hydrogens is 286 g/mol. The number of unbranched alkanes of at least 4 members (excludes halogenated alkanes) is 3. The second-order valence-electron chi connectivity index (χ2n) is 4.86. The maximum atomic E-state index is 11.0. The Morgan fingerprint density at radius 1 is 1.32 bits per heavy atom. The van der Waals surface area contributed by atoms with E-state index in [1.807, 2.05) is 0 Å². The molecule has 0 bridgehead atoms. The van der Waals surface area contributed by atoms with Gasteiger partial charge < -0.3 is 15.6 Å². The highest BCUT2D eigenvalue weighted by molar-refractivity contribution is 5.78. The zero-order valence-electron chi connectivity index (χ0n) is 12.7. The van der Waals surface area contributed by atoms with Crippen LogP contribution in [-0.2, 0) is 4.79 Å². The molecule has 0 fully saturated rings. The Kier molecular flexibility index (Phi) is 7.60. The van der Waals surface area contributed by atoms with E-state index in [0.717, 1.165) is 17.9 Å². The maximum Gasteiger partial charge on any atom is 0.330 e. The van der Waals surface area contributed by atoms with Crippen LogP contribution in [0.5, 0.6) is 5.75 Å². The van der Waals surface area contributed by atoms with Crippen LogP contribution in [0.2, 0.25) is 0 Å². The third-order valence-electron chi connectivity index (χ3n) is 2.93. The zero-order chi connectivity index (χ0) is 16.4. The number of aliphatic carboxylic acids is 1. The molecule has 0 aromatic heterocycles. The van der Waals surface area contributed by atoms with Gasteiger partial charge in [0.05, 0.1) is 12.3 Å². The standard InChI is InChI=1S/C15H23N3O4/c1-2-3-4-5-9-22-13-8-6-7-12(10-13)18(11-14(19)20)17-15(16)21/h6-8,10H,2-5,9,11H2,1H3,(H,19,20)(H3,16,17,21). The molecule has 0 radical (unpaired) electrons. The molecule has 0 unspecified atom stereocenters. The highest BCUT2D eigenvalue weighted by atomic mass is 16.5. The minimum absolute atomic E-state index is 0.400. The van der Waals surface area contributed by atoms with Crippen LogP contribution in [0.3, 0.4) is 0 Å². The van der Waals surface area contributed by atoms with E-state index in [9.17, 15) is 9.59 Å². The molecule has 0 saturated carbocycles. The van der Waals surface area contributed by atoms with E-state index in [-0.39, 0.29) is 0 Å². The van der Waals surface area contributed by atoms with E-state index in [1.54, 1.807) is 24.3 Å². The molecule has 0 aliphatic heterocycles.